The molecule has 0 heterocycles. The van der Waals surface area contributed by atoms with Crippen molar-refractivity contribution in [1.82, 2.24) is 9.62 Å². The SMILES string of the molecule is CCOc1ccc(S(=O)(=O)NCCC(=O)N(CC)CCC(=O)O)cc1. The van der Waals surface area contributed by atoms with E-state index in [0.29, 0.717) is 18.9 Å². The van der Waals surface area contributed by atoms with Gasteiger partial charge in [-0.1, -0.05) is 0 Å². The highest BCUT2D eigenvalue weighted by Gasteiger charge is 2.17. The summed E-state index contributed by atoms with van der Waals surface area (Å²) in [7, 11) is -3.72. The van der Waals surface area contributed by atoms with E-state index in [9.17, 15) is 18.0 Å². The smallest absolute Gasteiger partial charge is 0.305 e. The zero-order chi connectivity index (χ0) is 18.9. The predicted molar refractivity (Wildman–Crippen MR) is 91.9 cm³/mol. The number of rotatable bonds is 11. The van der Waals surface area contributed by atoms with E-state index in [-0.39, 0.29) is 36.7 Å². The second-order valence-electron chi connectivity index (χ2n) is 5.17. The molecule has 0 saturated carbocycles. The fourth-order valence-corrected chi connectivity index (χ4v) is 3.14. The molecule has 0 aliphatic heterocycles. The maximum atomic E-state index is 12.2. The Bertz CT molecular complexity index is 672. The van der Waals surface area contributed by atoms with Gasteiger partial charge in [0.2, 0.25) is 15.9 Å². The second kappa shape index (κ2) is 10.00. The molecule has 1 aromatic rings. The lowest BCUT2D eigenvalue weighted by molar-refractivity contribution is -0.138. The van der Waals surface area contributed by atoms with Crippen molar-refractivity contribution in [3.8, 4) is 5.75 Å². The normalized spacial score (nSPS) is 11.1. The summed E-state index contributed by atoms with van der Waals surface area (Å²) in [6, 6.07) is 5.99. The summed E-state index contributed by atoms with van der Waals surface area (Å²) in [5.41, 5.74) is 0. The topological polar surface area (TPSA) is 113 Å². The summed E-state index contributed by atoms with van der Waals surface area (Å²) in [5, 5.41) is 8.66. The van der Waals surface area contributed by atoms with Crippen molar-refractivity contribution in [2.45, 2.75) is 31.6 Å². The van der Waals surface area contributed by atoms with Crippen molar-refractivity contribution in [2.24, 2.45) is 0 Å². The Balaban J connectivity index is 2.55. The summed E-state index contributed by atoms with van der Waals surface area (Å²) in [4.78, 5) is 24.1. The summed E-state index contributed by atoms with van der Waals surface area (Å²) in [6.45, 7) is 4.48. The van der Waals surface area contributed by atoms with Crippen LogP contribution in [0.4, 0.5) is 0 Å². The molecule has 0 aromatic heterocycles. The third-order valence-electron chi connectivity index (χ3n) is 3.41. The fourth-order valence-electron chi connectivity index (χ4n) is 2.11. The molecule has 1 rings (SSSR count). The summed E-state index contributed by atoms with van der Waals surface area (Å²) >= 11 is 0. The summed E-state index contributed by atoms with van der Waals surface area (Å²) in [6.07, 6.45) is -0.179. The first-order valence-electron chi connectivity index (χ1n) is 8.02. The van der Waals surface area contributed by atoms with Gasteiger partial charge in [0.1, 0.15) is 5.75 Å². The number of nitrogens with zero attached hydrogens (tertiary/aromatic N) is 1. The number of benzene rings is 1. The van der Waals surface area contributed by atoms with Crippen LogP contribution in [0.2, 0.25) is 0 Å². The zero-order valence-electron chi connectivity index (χ0n) is 14.4. The largest absolute Gasteiger partial charge is 0.494 e. The first kappa shape index (κ1) is 20.9. The Morgan fingerprint density at radius 2 is 1.80 bits per heavy atom. The van der Waals surface area contributed by atoms with Crippen LogP contribution in [0.5, 0.6) is 5.75 Å². The van der Waals surface area contributed by atoms with Crippen molar-refractivity contribution in [3.63, 3.8) is 0 Å². The van der Waals surface area contributed by atoms with Crippen LogP contribution in [0.15, 0.2) is 29.2 Å². The van der Waals surface area contributed by atoms with E-state index in [2.05, 4.69) is 4.72 Å². The third-order valence-corrected chi connectivity index (χ3v) is 4.88. The van der Waals surface area contributed by atoms with Crippen molar-refractivity contribution in [1.29, 1.82) is 0 Å². The molecule has 0 bridgehead atoms. The van der Waals surface area contributed by atoms with Gasteiger partial charge in [0.05, 0.1) is 17.9 Å². The maximum absolute atomic E-state index is 12.2. The quantitative estimate of drug-likeness (QED) is 0.601. The number of ether oxygens (including phenoxy) is 1. The van der Waals surface area contributed by atoms with Crippen LogP contribution < -0.4 is 9.46 Å². The number of carbonyl (C=O) groups excluding carboxylic acids is 1. The number of amides is 1. The van der Waals surface area contributed by atoms with Gasteiger partial charge in [0.15, 0.2) is 0 Å². The summed E-state index contributed by atoms with van der Waals surface area (Å²) in [5.74, 6) is -0.700. The lowest BCUT2D eigenvalue weighted by Crippen LogP contribution is -2.35. The Labute approximate surface area is 147 Å². The van der Waals surface area contributed by atoms with E-state index < -0.39 is 16.0 Å². The molecule has 0 unspecified atom stereocenters. The monoisotopic (exact) mass is 372 g/mol. The Morgan fingerprint density at radius 3 is 2.32 bits per heavy atom. The van der Waals surface area contributed by atoms with E-state index in [4.69, 9.17) is 9.84 Å². The van der Waals surface area contributed by atoms with E-state index in [1.807, 2.05) is 6.92 Å². The van der Waals surface area contributed by atoms with Crippen LogP contribution in [0.25, 0.3) is 0 Å². The number of sulfonamides is 1. The molecule has 0 atom stereocenters. The van der Waals surface area contributed by atoms with Gasteiger partial charge in [-0.25, -0.2) is 13.1 Å². The molecule has 8 nitrogen and oxygen atoms in total. The molecule has 2 N–H and O–H groups in total. The van der Waals surface area contributed by atoms with Crippen LogP contribution in [-0.2, 0) is 19.6 Å². The van der Waals surface area contributed by atoms with Crippen molar-refractivity contribution in [2.75, 3.05) is 26.2 Å². The first-order valence-corrected chi connectivity index (χ1v) is 9.50. The van der Waals surface area contributed by atoms with E-state index >= 15 is 0 Å². The highest BCUT2D eigenvalue weighted by Crippen LogP contribution is 2.15. The molecule has 1 amide bonds. The average molecular weight is 372 g/mol. The van der Waals surface area contributed by atoms with Gasteiger partial charge in [0.25, 0.3) is 0 Å². The lowest BCUT2D eigenvalue weighted by atomic mass is 10.3. The molecule has 9 heteroatoms. The number of hydrogen-bond acceptors (Lipinski definition) is 5. The third kappa shape index (κ3) is 7.10. The van der Waals surface area contributed by atoms with Gasteiger partial charge in [-0.3, -0.25) is 9.59 Å². The standard InChI is InChI=1S/C16H24N2O6S/c1-3-18(12-10-16(20)21)15(19)9-11-17-25(22,23)14-7-5-13(6-8-14)24-4-2/h5-8,17H,3-4,9-12H2,1-2H3,(H,20,21). The molecule has 0 spiro atoms. The first-order chi connectivity index (χ1) is 11.8. The Hall–Kier alpha value is -2.13. The van der Waals surface area contributed by atoms with Crippen LogP contribution in [-0.4, -0.2) is 56.5 Å². The molecule has 25 heavy (non-hydrogen) atoms. The number of carbonyl (C=O) groups is 2. The van der Waals surface area contributed by atoms with Crippen LogP contribution in [0.3, 0.4) is 0 Å². The minimum atomic E-state index is -3.72. The highest BCUT2D eigenvalue weighted by molar-refractivity contribution is 7.89. The molecule has 0 radical (unpaired) electrons. The number of carboxylic acid groups (broad SMARTS) is 1. The van der Waals surface area contributed by atoms with E-state index in [0.717, 1.165) is 0 Å². The van der Waals surface area contributed by atoms with Crippen molar-refractivity contribution in [3.05, 3.63) is 24.3 Å². The maximum Gasteiger partial charge on any atom is 0.305 e. The molecule has 0 fully saturated rings. The van der Waals surface area contributed by atoms with E-state index in [1.54, 1.807) is 19.1 Å². The Morgan fingerprint density at radius 1 is 1.16 bits per heavy atom. The van der Waals surface area contributed by atoms with Gasteiger partial charge in [-0.05, 0) is 38.1 Å². The predicted octanol–water partition coefficient (Wildman–Crippen LogP) is 1.08. The zero-order valence-corrected chi connectivity index (χ0v) is 15.2. The highest BCUT2D eigenvalue weighted by atomic mass is 32.2. The van der Waals surface area contributed by atoms with Crippen LogP contribution in [0, 0.1) is 0 Å². The summed E-state index contributed by atoms with van der Waals surface area (Å²) < 4.78 is 32.0. The van der Waals surface area contributed by atoms with Crippen molar-refractivity contribution < 1.29 is 27.9 Å². The van der Waals surface area contributed by atoms with Crippen molar-refractivity contribution >= 4 is 21.9 Å². The average Bonchev–Trinajstić information content (AvgIpc) is 2.56. The molecule has 140 valence electrons. The van der Waals surface area contributed by atoms with Gasteiger partial charge in [0, 0.05) is 26.1 Å². The van der Waals surface area contributed by atoms with Gasteiger partial charge in [-0.2, -0.15) is 0 Å². The minimum absolute atomic E-state index is 0.0380. The number of aliphatic carboxylic acids is 1. The molecule has 0 aliphatic rings. The van der Waals surface area contributed by atoms with Crippen LogP contribution >= 0.6 is 0 Å². The van der Waals surface area contributed by atoms with Crippen LogP contribution in [0.1, 0.15) is 26.7 Å². The van der Waals surface area contributed by atoms with E-state index in [1.165, 1.54) is 17.0 Å². The van der Waals surface area contributed by atoms with Gasteiger partial charge < -0.3 is 14.7 Å². The lowest BCUT2D eigenvalue weighted by Gasteiger charge is -2.20. The fraction of sp³-hybridized carbons (Fsp3) is 0.500. The van der Waals surface area contributed by atoms with Gasteiger partial charge in [-0.15, -0.1) is 0 Å². The minimum Gasteiger partial charge on any atom is -0.494 e. The second-order valence-corrected chi connectivity index (χ2v) is 6.94. The molecular weight excluding hydrogens is 348 g/mol. The number of hydrogen-bond donors (Lipinski definition) is 2. The number of nitrogens with one attached hydrogen (secondary N) is 1. The molecule has 0 aliphatic carbocycles. The Kier molecular flexibility index (Phi) is 8.36. The van der Waals surface area contributed by atoms with Gasteiger partial charge >= 0.3 is 5.97 Å². The molecule has 0 saturated heterocycles. The molecule has 1 aromatic carbocycles. The number of carboxylic acids is 1. The molecular formula is C16H24N2O6S.